The molecule has 3 atom stereocenters. The molecule has 552 valence electrons. The van der Waals surface area contributed by atoms with Gasteiger partial charge in [0.2, 0.25) is 0 Å². The van der Waals surface area contributed by atoms with Crippen LogP contribution in [-0.2, 0) is 105 Å². The first-order valence-corrected chi connectivity index (χ1v) is 36.7. The number of aromatic carboxylic acids is 1. The summed E-state index contributed by atoms with van der Waals surface area (Å²) in [5.41, 5.74) is -3.86. The lowest BCUT2D eigenvalue weighted by atomic mass is 9.90. The number of ether oxygens (including phenoxy) is 11. The van der Waals surface area contributed by atoms with Gasteiger partial charge in [-0.05, 0) is 24.3 Å². The zero-order valence-corrected chi connectivity index (χ0v) is 65.1. The third-order valence-corrected chi connectivity index (χ3v) is 14.1. The van der Waals surface area contributed by atoms with Crippen LogP contribution in [0.3, 0.4) is 0 Å². The van der Waals surface area contributed by atoms with Gasteiger partial charge in [-0.1, -0.05) is 20.8 Å². The summed E-state index contributed by atoms with van der Waals surface area (Å²) in [4.78, 5) is 143. The first kappa shape index (κ1) is 97.5. The average molecular weight is 1610 g/mol. The first-order valence-electron chi connectivity index (χ1n) is 29.2. The van der Waals surface area contributed by atoms with Crippen LogP contribution in [0.25, 0.3) is 0 Å². The number of thiol groups is 13. The Morgan fingerprint density at radius 1 is 0.333 bits per heavy atom. The molecule has 0 spiro atoms. The summed E-state index contributed by atoms with van der Waals surface area (Å²) in [6.07, 6.45) is 0.0594. The molecule has 0 bridgehead atoms. The van der Waals surface area contributed by atoms with Crippen LogP contribution in [0.2, 0.25) is 0 Å². The number of rotatable bonds is 47. The molecule has 0 aliphatic heterocycles. The standard InChI is InChI=1S/C28H46O13S6.C20H34O8S5.C7H6O2S.C3H6O2S/c29-21(1-7-42)36-15-27(16-37-22(30)2-8-43,17-38-23(31)3-9-44)13-35-14-28(18-39-24(32)4-10-45,19-40-25(33)5-11-46)20-41-26(34)6-12-47;1-12(29)4-15(21)25-8-20(9-26-16(22)5-13(2)30,10-27-17(23)6-14(3)31)11-28-18(24)7-19(32)33;8-7(9)5-1-3-6(10)4-2-5;4-3(5)1-2-6/h42-47H,1-20H2;12-14,19,29-33H,4-11H2,1-3H3;1-4,10H,(H,8,9);6H,1-2H2,(H,4,5). The Morgan fingerprint density at radius 3 is 0.719 bits per heavy atom. The molecule has 1 rings (SSSR count). The predicted molar refractivity (Wildman–Crippen MR) is 401 cm³/mol. The number of carbonyl (C=O) groups is 12. The van der Waals surface area contributed by atoms with Crippen molar-refractivity contribution < 1.29 is 120 Å². The van der Waals surface area contributed by atoms with E-state index in [9.17, 15) is 57.5 Å². The molecule has 0 aliphatic rings. The molecule has 0 saturated carbocycles. The number of hydrogen-bond donors (Lipinski definition) is 15. The third-order valence-electron chi connectivity index (χ3n) is 11.3. The number of benzene rings is 1. The Labute approximate surface area is 632 Å². The van der Waals surface area contributed by atoms with Crippen molar-refractivity contribution in [3.05, 3.63) is 29.8 Å². The van der Waals surface area contributed by atoms with Crippen LogP contribution >= 0.6 is 164 Å². The lowest BCUT2D eigenvalue weighted by molar-refractivity contribution is -0.176. The molecule has 0 saturated heterocycles. The monoisotopic (exact) mass is 1600 g/mol. The number of hydrogen-bond acceptors (Lipinski definition) is 36. The molecule has 25 nitrogen and oxygen atoms in total. The molecule has 1 aromatic rings. The number of esters is 10. The molecule has 0 aliphatic carbocycles. The van der Waals surface area contributed by atoms with Crippen LogP contribution in [0, 0.1) is 16.2 Å². The van der Waals surface area contributed by atoms with E-state index in [1.165, 1.54) is 12.1 Å². The Balaban J connectivity index is -0.00000151. The molecule has 3 unspecified atom stereocenters. The van der Waals surface area contributed by atoms with Crippen molar-refractivity contribution >= 4 is 236 Å². The molecule has 0 aromatic heterocycles. The highest BCUT2D eigenvalue weighted by Crippen LogP contribution is 2.28. The molecule has 2 N–H and O–H groups in total. The van der Waals surface area contributed by atoms with Gasteiger partial charge in [0.05, 0.1) is 105 Å². The van der Waals surface area contributed by atoms with Crippen molar-refractivity contribution in [3.8, 4) is 0 Å². The van der Waals surface area contributed by atoms with Gasteiger partial charge in [-0.2, -0.15) is 152 Å². The maximum Gasteiger partial charge on any atom is 0.335 e. The van der Waals surface area contributed by atoms with Gasteiger partial charge >= 0.3 is 71.6 Å². The molecule has 96 heavy (non-hydrogen) atoms. The van der Waals surface area contributed by atoms with Gasteiger partial charge in [-0.15, -0.1) is 12.6 Å². The van der Waals surface area contributed by atoms with E-state index in [1.54, 1.807) is 32.9 Å². The van der Waals surface area contributed by atoms with E-state index in [-0.39, 0.29) is 206 Å². The van der Waals surface area contributed by atoms with Crippen LogP contribution in [0.15, 0.2) is 29.2 Å². The summed E-state index contributed by atoms with van der Waals surface area (Å²) in [6.45, 7) is 0.864. The molecule has 0 fully saturated rings. The van der Waals surface area contributed by atoms with Crippen LogP contribution < -0.4 is 0 Å². The smallest absolute Gasteiger partial charge is 0.335 e. The third kappa shape index (κ3) is 55.1. The fourth-order valence-electron chi connectivity index (χ4n) is 6.36. The normalized spacial score (nSPS) is 12.4. The van der Waals surface area contributed by atoms with E-state index in [4.69, 9.17) is 62.3 Å². The van der Waals surface area contributed by atoms with Gasteiger partial charge in [0.25, 0.3) is 0 Å². The fraction of sp³-hybridized carbons (Fsp3) is 0.690. The van der Waals surface area contributed by atoms with Crippen LogP contribution in [0.1, 0.15) is 102 Å². The van der Waals surface area contributed by atoms with Crippen molar-refractivity contribution in [2.24, 2.45) is 16.2 Å². The van der Waals surface area contributed by atoms with Crippen LogP contribution in [-0.4, -0.2) is 222 Å². The minimum absolute atomic E-state index is 0.0189. The predicted octanol–water partition coefficient (Wildman–Crippen LogP) is 7.07. The van der Waals surface area contributed by atoms with Crippen molar-refractivity contribution in [3.63, 3.8) is 0 Å². The highest BCUT2D eigenvalue weighted by molar-refractivity contribution is 7.99. The fourth-order valence-corrected chi connectivity index (χ4v) is 8.54. The van der Waals surface area contributed by atoms with Crippen molar-refractivity contribution in [2.75, 3.05) is 120 Å². The minimum Gasteiger partial charge on any atom is -0.481 e. The zero-order valence-electron chi connectivity index (χ0n) is 53.4. The summed E-state index contributed by atoms with van der Waals surface area (Å²) in [6, 6.07) is 6.33. The molecule has 0 radical (unpaired) electrons. The summed E-state index contributed by atoms with van der Waals surface area (Å²) in [5, 5.41) is 15.6. The van der Waals surface area contributed by atoms with Crippen LogP contribution in [0.5, 0.6) is 0 Å². The van der Waals surface area contributed by atoms with Gasteiger partial charge in [-0.3, -0.25) is 52.7 Å². The molecule has 38 heteroatoms. The lowest BCUT2D eigenvalue weighted by Gasteiger charge is -2.35. The highest BCUT2D eigenvalue weighted by Gasteiger charge is 2.42. The maximum absolute atomic E-state index is 12.3. The summed E-state index contributed by atoms with van der Waals surface area (Å²) in [7, 11) is 0. The van der Waals surface area contributed by atoms with Crippen LogP contribution in [0.4, 0.5) is 0 Å². The van der Waals surface area contributed by atoms with Gasteiger partial charge in [-0.25, -0.2) is 4.79 Å². The number of aliphatic carboxylic acids is 1. The van der Waals surface area contributed by atoms with Crippen molar-refractivity contribution in [1.82, 2.24) is 0 Å². The first-order chi connectivity index (χ1) is 45.1. The average Bonchev–Trinajstić information content (AvgIpc) is 0.891. The van der Waals surface area contributed by atoms with Crippen molar-refractivity contribution in [2.45, 2.75) is 117 Å². The second-order valence-corrected chi connectivity index (χ2v) is 29.0. The van der Waals surface area contributed by atoms with Gasteiger partial charge in [0.15, 0.2) is 0 Å². The number of carboxylic acids is 2. The number of carbonyl (C=O) groups excluding carboxylic acids is 10. The van der Waals surface area contributed by atoms with Gasteiger partial charge in [0.1, 0.15) is 71.5 Å². The largest absolute Gasteiger partial charge is 0.481 e. The van der Waals surface area contributed by atoms with E-state index in [1.807, 2.05) is 0 Å². The maximum atomic E-state index is 12.3. The minimum atomic E-state index is -1.41. The lowest BCUT2D eigenvalue weighted by Crippen LogP contribution is -2.47. The van der Waals surface area contributed by atoms with E-state index in [2.05, 4.69) is 164 Å². The van der Waals surface area contributed by atoms with Gasteiger partial charge in [0, 0.05) is 60.9 Å². The van der Waals surface area contributed by atoms with E-state index < -0.39 is 92.5 Å². The van der Waals surface area contributed by atoms with E-state index in [0.29, 0.717) is 5.75 Å². The second kappa shape index (κ2) is 59.0. The summed E-state index contributed by atoms with van der Waals surface area (Å²) < 4.78 is 59.4. The highest BCUT2D eigenvalue weighted by atomic mass is 32.2. The van der Waals surface area contributed by atoms with E-state index in [0.717, 1.165) is 4.90 Å². The molecule has 0 amide bonds. The van der Waals surface area contributed by atoms with E-state index >= 15 is 0 Å². The van der Waals surface area contributed by atoms with Crippen molar-refractivity contribution in [1.29, 1.82) is 0 Å². The Morgan fingerprint density at radius 2 is 0.542 bits per heavy atom. The zero-order chi connectivity index (χ0) is 73.7. The second-order valence-electron chi connectivity index (χ2n) is 21.0. The summed E-state index contributed by atoms with van der Waals surface area (Å²) in [5.74, 6) is -5.91. The Bertz CT molecular complexity index is 2170. The quantitative estimate of drug-likeness (QED) is 0.0134. The topological polar surface area (TPSA) is 347 Å². The molecule has 1 aromatic carbocycles. The number of carboxylic acid groups (broad SMARTS) is 2. The molecule has 0 heterocycles. The van der Waals surface area contributed by atoms with Gasteiger partial charge < -0.3 is 62.3 Å². The Hall–Kier alpha value is -2.63. The molecular weight excluding hydrogens is 1510 g/mol. The Kier molecular flexibility index (Phi) is 59.9. The SMILES string of the molecule is CC(S)CC(=O)OCC(COC(=O)CC(C)S)(COC(=O)CC(C)S)COC(=O)CC(S)S.O=C(CCS)OCC(COCC(COC(=O)CCS)(COC(=O)CCS)COC(=O)CCS)(COC(=O)CCS)COC(=O)CCS.O=C(O)CCS.O=C(O)c1ccc(S)cc1. The molecular formula is C58H92O25S13. The summed E-state index contributed by atoms with van der Waals surface area (Å²) >= 11 is 52.5.